The minimum Gasteiger partial charge on any atom is -0.481 e. The highest BCUT2D eigenvalue weighted by molar-refractivity contribution is 5.66. The molecule has 1 N–H and O–H groups in total. The van der Waals surface area contributed by atoms with Crippen LogP contribution in [0.1, 0.15) is 32.1 Å². The number of allylic oxidation sites excluding steroid dienone is 2. The highest BCUT2D eigenvalue weighted by Crippen LogP contribution is 2.45. The maximum atomic E-state index is 10.5. The average molecular weight is 290 g/mol. The van der Waals surface area contributed by atoms with E-state index in [0.29, 0.717) is 30.5 Å². The summed E-state index contributed by atoms with van der Waals surface area (Å²) in [5, 5.41) is 8.63. The number of fused-ring (bicyclic) bond motifs is 2. The number of nitrogens with zero attached hydrogens (tertiary/aromatic N) is 2. The Morgan fingerprint density at radius 3 is 2.86 bits per heavy atom. The normalized spacial score (nSPS) is 31.2. The monoisotopic (exact) mass is 290 g/mol. The van der Waals surface area contributed by atoms with Crippen molar-refractivity contribution in [1.82, 2.24) is 9.55 Å². The summed E-state index contributed by atoms with van der Waals surface area (Å²) in [4.78, 5) is 14.6. The van der Waals surface area contributed by atoms with Crippen LogP contribution < -0.4 is 0 Å². The molecule has 1 aromatic heterocycles. The van der Waals surface area contributed by atoms with E-state index in [2.05, 4.69) is 15.6 Å². The molecule has 2 fully saturated rings. The van der Waals surface area contributed by atoms with Crippen LogP contribution >= 0.6 is 0 Å². The third kappa shape index (κ3) is 3.35. The molecule has 5 heteroatoms. The van der Waals surface area contributed by atoms with E-state index < -0.39 is 5.97 Å². The SMILES string of the molecule is O=C(O)CCC=CCC1C2CCC(O2)C1Cn1ccnc1. The van der Waals surface area contributed by atoms with E-state index in [1.807, 2.05) is 24.8 Å². The van der Waals surface area contributed by atoms with Gasteiger partial charge in [-0.25, -0.2) is 4.98 Å². The summed E-state index contributed by atoms with van der Waals surface area (Å²) in [6.45, 7) is 0.967. The first-order valence-corrected chi connectivity index (χ1v) is 7.72. The lowest BCUT2D eigenvalue weighted by Gasteiger charge is -2.27. The maximum absolute atomic E-state index is 10.5. The number of rotatable bonds is 7. The summed E-state index contributed by atoms with van der Waals surface area (Å²) >= 11 is 0. The Bertz CT molecular complexity index is 498. The maximum Gasteiger partial charge on any atom is 0.303 e. The number of ether oxygens (including phenoxy) is 1. The predicted octanol–water partition coefficient (Wildman–Crippen LogP) is 2.49. The topological polar surface area (TPSA) is 64.3 Å². The molecule has 2 saturated heterocycles. The molecule has 0 amide bonds. The zero-order valence-electron chi connectivity index (χ0n) is 12.1. The second-order valence-electron chi connectivity index (χ2n) is 6.02. The summed E-state index contributed by atoms with van der Waals surface area (Å²) in [5.41, 5.74) is 0. The number of hydrogen-bond donors (Lipinski definition) is 1. The number of carboxylic acids is 1. The van der Waals surface area contributed by atoms with Gasteiger partial charge in [-0.1, -0.05) is 12.2 Å². The largest absolute Gasteiger partial charge is 0.481 e. The van der Waals surface area contributed by atoms with Gasteiger partial charge in [-0.15, -0.1) is 0 Å². The molecule has 114 valence electrons. The number of hydrogen-bond acceptors (Lipinski definition) is 3. The van der Waals surface area contributed by atoms with Crippen molar-refractivity contribution in [2.45, 2.75) is 50.9 Å². The average Bonchev–Trinajstić information content (AvgIpc) is 3.16. The van der Waals surface area contributed by atoms with Crippen LogP contribution in [0.4, 0.5) is 0 Å². The van der Waals surface area contributed by atoms with Gasteiger partial charge in [-0.3, -0.25) is 4.79 Å². The minimum atomic E-state index is -0.735. The van der Waals surface area contributed by atoms with Gasteiger partial charge in [0.2, 0.25) is 0 Å². The molecular weight excluding hydrogens is 268 g/mol. The van der Waals surface area contributed by atoms with E-state index >= 15 is 0 Å². The van der Waals surface area contributed by atoms with Gasteiger partial charge in [0.25, 0.3) is 0 Å². The zero-order chi connectivity index (χ0) is 14.7. The van der Waals surface area contributed by atoms with Crippen molar-refractivity contribution in [3.63, 3.8) is 0 Å². The molecule has 0 radical (unpaired) electrons. The quantitative estimate of drug-likeness (QED) is 0.784. The molecular formula is C16H22N2O3. The van der Waals surface area contributed by atoms with Crippen LogP contribution in [-0.2, 0) is 16.1 Å². The van der Waals surface area contributed by atoms with Gasteiger partial charge in [0.15, 0.2) is 0 Å². The number of carbonyl (C=O) groups is 1. The Morgan fingerprint density at radius 2 is 2.14 bits per heavy atom. The highest BCUT2D eigenvalue weighted by atomic mass is 16.5. The van der Waals surface area contributed by atoms with Crippen LogP contribution in [0.2, 0.25) is 0 Å². The molecule has 3 rings (SSSR count). The third-order valence-electron chi connectivity index (χ3n) is 4.67. The summed E-state index contributed by atoms with van der Waals surface area (Å²) in [5.74, 6) is 0.357. The molecule has 21 heavy (non-hydrogen) atoms. The van der Waals surface area contributed by atoms with E-state index in [1.54, 1.807) is 0 Å². The van der Waals surface area contributed by atoms with Crippen LogP contribution in [-0.4, -0.2) is 32.8 Å². The lowest BCUT2D eigenvalue weighted by Crippen LogP contribution is -2.30. The number of carboxylic acid groups (broad SMARTS) is 1. The predicted molar refractivity (Wildman–Crippen MR) is 77.7 cm³/mol. The minimum absolute atomic E-state index is 0.211. The van der Waals surface area contributed by atoms with E-state index in [9.17, 15) is 4.79 Å². The second kappa shape index (κ2) is 6.43. The van der Waals surface area contributed by atoms with Gasteiger partial charge in [-0.05, 0) is 31.6 Å². The van der Waals surface area contributed by atoms with Crippen molar-refractivity contribution in [1.29, 1.82) is 0 Å². The van der Waals surface area contributed by atoms with Gasteiger partial charge in [0.1, 0.15) is 0 Å². The fraction of sp³-hybridized carbons (Fsp3) is 0.625. The Morgan fingerprint density at radius 1 is 1.33 bits per heavy atom. The third-order valence-corrected chi connectivity index (χ3v) is 4.67. The Labute approximate surface area is 124 Å². The molecule has 2 aliphatic rings. The first kappa shape index (κ1) is 14.3. The molecule has 0 spiro atoms. The number of aromatic nitrogens is 2. The van der Waals surface area contributed by atoms with Crippen molar-refractivity contribution in [3.05, 3.63) is 30.9 Å². The van der Waals surface area contributed by atoms with Crippen molar-refractivity contribution in [2.75, 3.05) is 0 Å². The molecule has 2 aliphatic heterocycles. The van der Waals surface area contributed by atoms with E-state index in [1.165, 1.54) is 12.8 Å². The van der Waals surface area contributed by atoms with Crippen LogP contribution in [0.15, 0.2) is 30.9 Å². The van der Waals surface area contributed by atoms with Crippen LogP contribution in [0.3, 0.4) is 0 Å². The van der Waals surface area contributed by atoms with Gasteiger partial charge in [0.05, 0.1) is 18.5 Å². The molecule has 1 aromatic rings. The van der Waals surface area contributed by atoms with Crippen LogP contribution in [0.25, 0.3) is 0 Å². The molecule has 4 atom stereocenters. The summed E-state index contributed by atoms with van der Waals surface area (Å²) in [6.07, 6.45) is 14.7. The molecule has 5 nitrogen and oxygen atoms in total. The van der Waals surface area contributed by atoms with E-state index in [0.717, 1.165) is 13.0 Å². The standard InChI is InChI=1S/C16H22N2O3/c19-16(20)5-3-1-2-4-12-13(10-18-9-8-17-11-18)15-7-6-14(12)21-15/h1-2,8-9,11-15H,3-7,10H2,(H,19,20). The Hall–Kier alpha value is -1.62. The lowest BCUT2D eigenvalue weighted by molar-refractivity contribution is -0.136. The van der Waals surface area contributed by atoms with Crippen molar-refractivity contribution in [3.8, 4) is 0 Å². The zero-order valence-corrected chi connectivity index (χ0v) is 12.1. The molecule has 0 aliphatic carbocycles. The van der Waals surface area contributed by atoms with E-state index in [4.69, 9.17) is 9.84 Å². The summed E-state index contributed by atoms with van der Waals surface area (Å²) < 4.78 is 8.21. The smallest absolute Gasteiger partial charge is 0.303 e. The molecule has 2 bridgehead atoms. The fourth-order valence-electron chi connectivity index (χ4n) is 3.67. The number of imidazole rings is 1. The molecule has 3 heterocycles. The number of aliphatic carboxylic acids is 1. The van der Waals surface area contributed by atoms with Gasteiger partial charge < -0.3 is 14.4 Å². The first-order chi connectivity index (χ1) is 10.2. The van der Waals surface area contributed by atoms with E-state index in [-0.39, 0.29) is 6.42 Å². The first-order valence-electron chi connectivity index (χ1n) is 7.72. The highest BCUT2D eigenvalue weighted by Gasteiger charge is 2.47. The lowest BCUT2D eigenvalue weighted by atomic mass is 9.77. The molecule has 0 saturated carbocycles. The van der Waals surface area contributed by atoms with Gasteiger partial charge in [0, 0.05) is 31.3 Å². The molecule has 0 aromatic carbocycles. The van der Waals surface area contributed by atoms with Crippen molar-refractivity contribution < 1.29 is 14.6 Å². The van der Waals surface area contributed by atoms with Crippen LogP contribution in [0, 0.1) is 11.8 Å². The van der Waals surface area contributed by atoms with Crippen LogP contribution in [0.5, 0.6) is 0 Å². The van der Waals surface area contributed by atoms with Crippen molar-refractivity contribution in [2.24, 2.45) is 11.8 Å². The second-order valence-corrected chi connectivity index (χ2v) is 6.02. The van der Waals surface area contributed by atoms with Crippen molar-refractivity contribution >= 4 is 5.97 Å². The summed E-state index contributed by atoms with van der Waals surface area (Å²) in [7, 11) is 0. The van der Waals surface area contributed by atoms with Gasteiger partial charge >= 0.3 is 5.97 Å². The Balaban J connectivity index is 1.55. The summed E-state index contributed by atoms with van der Waals surface area (Å²) in [6, 6.07) is 0. The molecule has 4 unspecified atom stereocenters. The van der Waals surface area contributed by atoms with Gasteiger partial charge in [-0.2, -0.15) is 0 Å². The Kier molecular flexibility index (Phi) is 4.39. The fourth-order valence-corrected chi connectivity index (χ4v) is 3.67.